The van der Waals surface area contributed by atoms with Gasteiger partial charge >= 0.3 is 11.9 Å². The Balaban J connectivity index is 2.20. The summed E-state index contributed by atoms with van der Waals surface area (Å²) in [7, 11) is 2.50. The molecule has 2 rings (SSSR count). The molecule has 8 nitrogen and oxygen atoms in total. The van der Waals surface area contributed by atoms with Gasteiger partial charge in [-0.25, -0.2) is 9.59 Å². The van der Waals surface area contributed by atoms with Crippen molar-refractivity contribution in [2.75, 3.05) is 14.2 Å². The molecule has 0 bridgehead atoms. The molecule has 1 aromatic rings. The Bertz CT molecular complexity index is 614. The van der Waals surface area contributed by atoms with E-state index in [1.165, 1.54) is 20.3 Å². The van der Waals surface area contributed by atoms with E-state index in [4.69, 9.17) is 14.2 Å². The van der Waals surface area contributed by atoms with Crippen molar-refractivity contribution in [1.82, 2.24) is 0 Å². The number of hydrogen-bond donors (Lipinski definition) is 2. The Kier molecular flexibility index (Phi) is 6.65. The fourth-order valence-corrected chi connectivity index (χ4v) is 2.36. The molecule has 25 heavy (non-hydrogen) atoms. The Morgan fingerprint density at radius 1 is 1.16 bits per heavy atom. The van der Waals surface area contributed by atoms with Crippen LogP contribution in [0.4, 0.5) is 0 Å². The predicted octanol–water partition coefficient (Wildman–Crippen LogP) is 0.0343. The van der Waals surface area contributed by atoms with E-state index in [9.17, 15) is 19.8 Å². The zero-order chi connectivity index (χ0) is 18.4. The third-order valence-corrected chi connectivity index (χ3v) is 3.69. The molecule has 1 aliphatic rings. The molecule has 1 fully saturated rings. The molecule has 136 valence electrons. The molecule has 0 spiro atoms. The van der Waals surface area contributed by atoms with Crippen LogP contribution < -0.4 is 0 Å². The molecule has 1 heterocycles. The van der Waals surface area contributed by atoms with Crippen molar-refractivity contribution < 1.29 is 38.7 Å². The molecular weight excluding hydrogens is 332 g/mol. The molecule has 0 aromatic heterocycles. The van der Waals surface area contributed by atoms with Gasteiger partial charge in [0.25, 0.3) is 0 Å². The summed E-state index contributed by atoms with van der Waals surface area (Å²) in [6, 6.07) is 8.20. The zero-order valence-electron chi connectivity index (χ0n) is 13.8. The third kappa shape index (κ3) is 4.64. The number of methoxy groups -OCH3 is 2. The lowest BCUT2D eigenvalue weighted by Crippen LogP contribution is -2.40. The van der Waals surface area contributed by atoms with Crippen LogP contribution in [-0.2, 0) is 23.7 Å². The van der Waals surface area contributed by atoms with Gasteiger partial charge in [0.2, 0.25) is 0 Å². The van der Waals surface area contributed by atoms with E-state index in [0.29, 0.717) is 0 Å². The molecule has 8 heteroatoms. The highest BCUT2D eigenvalue weighted by atomic mass is 16.7. The molecule has 0 radical (unpaired) electrons. The first kappa shape index (κ1) is 19.1. The standard InChI is InChI=1S/C17H20O8/c1-22-12(18)9-8-11(15-13(19)14(20)17(23-2)25-15)24-16(21)10-6-4-3-5-7-10/h3-9,11,13-15,17,19-20H,1-2H3/b9-8+/t11-,13+,14-,15-,17?/m1/s1. The van der Waals surface area contributed by atoms with Crippen molar-refractivity contribution in [2.45, 2.75) is 30.7 Å². The first-order valence-electron chi connectivity index (χ1n) is 7.54. The fraction of sp³-hybridized carbons (Fsp3) is 0.412. The van der Waals surface area contributed by atoms with Crippen LogP contribution in [0.3, 0.4) is 0 Å². The maximum Gasteiger partial charge on any atom is 0.338 e. The van der Waals surface area contributed by atoms with Gasteiger partial charge in [-0.05, 0) is 18.2 Å². The van der Waals surface area contributed by atoms with Gasteiger partial charge in [0.15, 0.2) is 6.29 Å². The smallest absolute Gasteiger partial charge is 0.338 e. The average molecular weight is 352 g/mol. The summed E-state index contributed by atoms with van der Waals surface area (Å²) < 4.78 is 20.2. The number of esters is 2. The summed E-state index contributed by atoms with van der Waals surface area (Å²) in [4.78, 5) is 23.6. The topological polar surface area (TPSA) is 112 Å². The van der Waals surface area contributed by atoms with Gasteiger partial charge < -0.3 is 29.2 Å². The van der Waals surface area contributed by atoms with E-state index in [0.717, 1.165) is 6.08 Å². The average Bonchev–Trinajstić information content (AvgIpc) is 2.93. The number of hydrogen-bond acceptors (Lipinski definition) is 8. The molecule has 0 amide bonds. The molecule has 1 saturated heterocycles. The van der Waals surface area contributed by atoms with Crippen LogP contribution in [0.1, 0.15) is 10.4 Å². The summed E-state index contributed by atoms with van der Waals surface area (Å²) in [6.45, 7) is 0. The molecule has 1 aromatic carbocycles. The minimum Gasteiger partial charge on any atom is -0.466 e. The minimum absolute atomic E-state index is 0.287. The van der Waals surface area contributed by atoms with E-state index < -0.39 is 42.6 Å². The highest BCUT2D eigenvalue weighted by Crippen LogP contribution is 2.26. The molecule has 0 aliphatic carbocycles. The van der Waals surface area contributed by atoms with Crippen LogP contribution in [0.5, 0.6) is 0 Å². The van der Waals surface area contributed by atoms with Crippen molar-refractivity contribution in [1.29, 1.82) is 0 Å². The summed E-state index contributed by atoms with van der Waals surface area (Å²) in [5.41, 5.74) is 0.287. The summed E-state index contributed by atoms with van der Waals surface area (Å²) >= 11 is 0. The van der Waals surface area contributed by atoms with Crippen LogP contribution in [0.2, 0.25) is 0 Å². The number of ether oxygens (including phenoxy) is 4. The Morgan fingerprint density at radius 2 is 1.84 bits per heavy atom. The van der Waals surface area contributed by atoms with Crippen molar-refractivity contribution in [3.05, 3.63) is 48.0 Å². The van der Waals surface area contributed by atoms with Gasteiger partial charge in [0.05, 0.1) is 12.7 Å². The van der Waals surface area contributed by atoms with Crippen LogP contribution in [0.25, 0.3) is 0 Å². The largest absolute Gasteiger partial charge is 0.466 e. The molecular formula is C17H20O8. The SMILES string of the molecule is COC(=O)/C=C/[C@@H](OC(=O)c1ccccc1)[C@H]1OC(OC)[C@H](O)[C@@H]1O. The maximum absolute atomic E-state index is 12.3. The second-order valence-corrected chi connectivity index (χ2v) is 5.30. The minimum atomic E-state index is -1.37. The number of carbonyl (C=O) groups excluding carboxylic acids is 2. The lowest BCUT2D eigenvalue weighted by Gasteiger charge is -2.23. The van der Waals surface area contributed by atoms with Crippen LogP contribution in [-0.4, -0.2) is 67.1 Å². The zero-order valence-corrected chi connectivity index (χ0v) is 13.8. The van der Waals surface area contributed by atoms with E-state index in [-0.39, 0.29) is 5.56 Å². The third-order valence-electron chi connectivity index (χ3n) is 3.69. The first-order valence-corrected chi connectivity index (χ1v) is 7.54. The van der Waals surface area contributed by atoms with Gasteiger partial charge in [-0.2, -0.15) is 0 Å². The van der Waals surface area contributed by atoms with Crippen molar-refractivity contribution in [3.8, 4) is 0 Å². The van der Waals surface area contributed by atoms with Crippen LogP contribution in [0, 0.1) is 0 Å². The number of aliphatic hydroxyl groups is 2. The molecule has 2 N–H and O–H groups in total. The number of rotatable bonds is 6. The molecule has 0 saturated carbocycles. The van der Waals surface area contributed by atoms with Gasteiger partial charge in [0, 0.05) is 13.2 Å². The first-order chi connectivity index (χ1) is 12.0. The van der Waals surface area contributed by atoms with Gasteiger partial charge in [-0.3, -0.25) is 0 Å². The summed E-state index contributed by atoms with van der Waals surface area (Å²) in [5, 5.41) is 20.0. The second kappa shape index (κ2) is 8.72. The number of aliphatic hydroxyl groups excluding tert-OH is 2. The second-order valence-electron chi connectivity index (χ2n) is 5.30. The normalized spacial score (nSPS) is 27.2. The van der Waals surface area contributed by atoms with E-state index in [2.05, 4.69) is 4.74 Å². The summed E-state index contributed by atoms with van der Waals surface area (Å²) in [5.74, 6) is -1.34. The molecule has 1 aliphatic heterocycles. The van der Waals surface area contributed by atoms with Gasteiger partial charge in [-0.1, -0.05) is 18.2 Å². The Morgan fingerprint density at radius 3 is 2.40 bits per heavy atom. The van der Waals surface area contributed by atoms with Crippen molar-refractivity contribution in [2.24, 2.45) is 0 Å². The Hall–Kier alpha value is -2.26. The van der Waals surface area contributed by atoms with Crippen molar-refractivity contribution in [3.63, 3.8) is 0 Å². The number of carbonyl (C=O) groups is 2. The van der Waals surface area contributed by atoms with Gasteiger partial charge in [0.1, 0.15) is 24.4 Å². The van der Waals surface area contributed by atoms with Crippen LogP contribution >= 0.6 is 0 Å². The van der Waals surface area contributed by atoms with E-state index in [1.54, 1.807) is 30.3 Å². The fourth-order valence-electron chi connectivity index (χ4n) is 2.36. The lowest BCUT2D eigenvalue weighted by atomic mass is 10.1. The van der Waals surface area contributed by atoms with E-state index in [1.807, 2.05) is 0 Å². The number of benzene rings is 1. The quantitative estimate of drug-likeness (QED) is 0.545. The lowest BCUT2D eigenvalue weighted by molar-refractivity contribution is -0.159. The molecule has 5 atom stereocenters. The van der Waals surface area contributed by atoms with E-state index >= 15 is 0 Å². The Labute approximate surface area is 144 Å². The van der Waals surface area contributed by atoms with Crippen molar-refractivity contribution >= 4 is 11.9 Å². The summed E-state index contributed by atoms with van der Waals surface area (Å²) in [6.07, 6.45) is -3.76. The predicted molar refractivity (Wildman–Crippen MR) is 84.5 cm³/mol. The molecule has 1 unspecified atom stereocenters. The van der Waals surface area contributed by atoms with Crippen LogP contribution in [0.15, 0.2) is 42.5 Å². The highest BCUT2D eigenvalue weighted by Gasteiger charge is 2.47. The highest BCUT2D eigenvalue weighted by molar-refractivity contribution is 5.89. The maximum atomic E-state index is 12.3. The monoisotopic (exact) mass is 352 g/mol. The van der Waals surface area contributed by atoms with Gasteiger partial charge in [-0.15, -0.1) is 0 Å².